The Labute approximate surface area is 248 Å². The van der Waals surface area contributed by atoms with Crippen molar-refractivity contribution in [2.45, 2.75) is 12.8 Å². The van der Waals surface area contributed by atoms with Gasteiger partial charge < -0.3 is 15.5 Å². The van der Waals surface area contributed by atoms with Crippen molar-refractivity contribution in [3.8, 4) is 22.6 Å². The van der Waals surface area contributed by atoms with Gasteiger partial charge in [-0.3, -0.25) is 9.20 Å². The average molecular weight is 574 g/mol. The maximum atomic E-state index is 12.7. The van der Waals surface area contributed by atoms with E-state index in [9.17, 15) is 4.79 Å². The van der Waals surface area contributed by atoms with Crippen LogP contribution in [0, 0.1) is 0 Å². The van der Waals surface area contributed by atoms with E-state index in [1.54, 1.807) is 17.5 Å². The highest BCUT2D eigenvalue weighted by Crippen LogP contribution is 2.33. The number of aromatic nitrogens is 4. The summed E-state index contributed by atoms with van der Waals surface area (Å²) >= 11 is 1.58. The first kappa shape index (κ1) is 27.3. The number of anilines is 3. The monoisotopic (exact) mass is 573 g/mol. The molecule has 210 valence electrons. The number of benzene rings is 2. The number of thiophene rings is 1. The Morgan fingerprint density at radius 2 is 1.81 bits per heavy atom. The summed E-state index contributed by atoms with van der Waals surface area (Å²) < 4.78 is 2.03. The molecule has 8 nitrogen and oxygen atoms in total. The molecule has 0 saturated carbocycles. The Balaban J connectivity index is 1.31. The maximum Gasteiger partial charge on any atom is 0.229 e. The molecule has 2 aromatic carbocycles. The number of nitrogens with one attached hydrogen (secondary N) is 2. The smallest absolute Gasteiger partial charge is 0.229 e. The standard InChI is InChI=1S/C33H31N7OS/c1-39(2)18-15-23-8-5-10-25(20-23)36-33-34-16-14-28(37-33)32-31(38-29-13-3-4-17-40(29)32)24-9-6-11-26(21-24)35-30(41)22-27-12-7-19-42-27/h3-14,16-17,19-21H,15,18,22H2,1-2H3,(H,35,41)(H,34,36,37). The van der Waals surface area contributed by atoms with Crippen molar-refractivity contribution in [3.05, 3.63) is 113 Å². The van der Waals surface area contributed by atoms with Crippen molar-refractivity contribution >= 4 is 40.2 Å². The number of likely N-dealkylation sites (N-methyl/N-ethyl adjacent to an activating group) is 1. The third-order valence-electron chi connectivity index (χ3n) is 6.79. The number of carbonyl (C=O) groups is 1. The molecule has 4 heterocycles. The molecule has 0 unspecified atom stereocenters. The van der Waals surface area contributed by atoms with Gasteiger partial charge >= 0.3 is 0 Å². The van der Waals surface area contributed by atoms with Crippen molar-refractivity contribution in [1.29, 1.82) is 0 Å². The zero-order chi connectivity index (χ0) is 28.9. The van der Waals surface area contributed by atoms with E-state index in [1.165, 1.54) is 5.56 Å². The summed E-state index contributed by atoms with van der Waals surface area (Å²) in [5.41, 5.74) is 6.93. The van der Waals surface area contributed by atoms with Crippen LogP contribution in [0.2, 0.25) is 0 Å². The van der Waals surface area contributed by atoms with Crippen molar-refractivity contribution in [2.75, 3.05) is 31.3 Å². The molecule has 9 heteroatoms. The summed E-state index contributed by atoms with van der Waals surface area (Å²) in [6.45, 7) is 0.978. The Kier molecular flexibility index (Phi) is 8.02. The molecule has 4 aromatic heterocycles. The molecule has 2 N–H and O–H groups in total. The van der Waals surface area contributed by atoms with E-state index in [0.717, 1.165) is 57.5 Å². The summed E-state index contributed by atoms with van der Waals surface area (Å²) in [5, 5.41) is 8.39. The number of pyridine rings is 1. The second-order valence-electron chi connectivity index (χ2n) is 10.3. The van der Waals surface area contributed by atoms with Gasteiger partial charge in [0.2, 0.25) is 11.9 Å². The predicted octanol–water partition coefficient (Wildman–Crippen LogP) is 6.55. The molecule has 0 radical (unpaired) electrons. The van der Waals surface area contributed by atoms with Gasteiger partial charge in [0.1, 0.15) is 5.65 Å². The zero-order valence-electron chi connectivity index (χ0n) is 23.5. The van der Waals surface area contributed by atoms with Crippen LogP contribution in [-0.2, 0) is 17.6 Å². The Hall–Kier alpha value is -4.86. The van der Waals surface area contributed by atoms with E-state index in [0.29, 0.717) is 12.4 Å². The molecule has 6 aromatic rings. The molecular formula is C33H31N7OS. The van der Waals surface area contributed by atoms with Crippen molar-refractivity contribution in [1.82, 2.24) is 24.3 Å². The van der Waals surface area contributed by atoms with Crippen LogP contribution in [0.1, 0.15) is 10.4 Å². The normalized spacial score (nSPS) is 11.2. The third kappa shape index (κ3) is 6.38. The van der Waals surface area contributed by atoms with E-state index in [4.69, 9.17) is 9.97 Å². The molecule has 0 spiro atoms. The fourth-order valence-electron chi connectivity index (χ4n) is 4.80. The van der Waals surface area contributed by atoms with Crippen LogP contribution in [-0.4, -0.2) is 50.8 Å². The Morgan fingerprint density at radius 3 is 2.67 bits per heavy atom. The number of imidazole rings is 1. The number of amides is 1. The lowest BCUT2D eigenvalue weighted by atomic mass is 10.1. The number of hydrogen-bond acceptors (Lipinski definition) is 7. The molecule has 0 aliphatic heterocycles. The van der Waals surface area contributed by atoms with Gasteiger partial charge in [-0.05, 0) is 80.0 Å². The maximum absolute atomic E-state index is 12.7. The van der Waals surface area contributed by atoms with E-state index >= 15 is 0 Å². The Bertz CT molecular complexity index is 1830. The minimum absolute atomic E-state index is 0.0536. The van der Waals surface area contributed by atoms with Crippen LogP contribution in [0.25, 0.3) is 28.3 Å². The van der Waals surface area contributed by atoms with Gasteiger partial charge in [-0.15, -0.1) is 11.3 Å². The van der Waals surface area contributed by atoms with Crippen molar-refractivity contribution < 1.29 is 4.79 Å². The van der Waals surface area contributed by atoms with Gasteiger partial charge in [-0.1, -0.05) is 36.4 Å². The predicted molar refractivity (Wildman–Crippen MR) is 170 cm³/mol. The number of nitrogens with zero attached hydrogens (tertiary/aromatic N) is 5. The van der Waals surface area contributed by atoms with Gasteiger partial charge in [0, 0.05) is 40.8 Å². The number of fused-ring (bicyclic) bond motifs is 1. The van der Waals surface area contributed by atoms with Crippen LogP contribution >= 0.6 is 11.3 Å². The van der Waals surface area contributed by atoms with Gasteiger partial charge in [0.15, 0.2) is 0 Å². The summed E-state index contributed by atoms with van der Waals surface area (Å²) in [6.07, 6.45) is 5.05. The second kappa shape index (κ2) is 12.3. The third-order valence-corrected chi connectivity index (χ3v) is 7.67. The number of rotatable bonds is 10. The largest absolute Gasteiger partial charge is 0.326 e. The van der Waals surface area contributed by atoms with Crippen molar-refractivity contribution in [3.63, 3.8) is 0 Å². The lowest BCUT2D eigenvalue weighted by molar-refractivity contribution is -0.115. The molecule has 6 rings (SSSR count). The molecule has 0 atom stereocenters. The molecule has 1 amide bonds. The topological polar surface area (TPSA) is 87.5 Å². The summed E-state index contributed by atoms with van der Waals surface area (Å²) in [6, 6.07) is 27.8. The fourth-order valence-corrected chi connectivity index (χ4v) is 5.50. The second-order valence-corrected chi connectivity index (χ2v) is 11.3. The lowest BCUT2D eigenvalue weighted by Gasteiger charge is -2.11. The average Bonchev–Trinajstić information content (AvgIpc) is 3.64. The van der Waals surface area contributed by atoms with E-state index in [-0.39, 0.29) is 5.91 Å². The van der Waals surface area contributed by atoms with Crippen LogP contribution in [0.15, 0.2) is 103 Å². The lowest BCUT2D eigenvalue weighted by Crippen LogP contribution is -2.15. The Morgan fingerprint density at radius 1 is 0.929 bits per heavy atom. The van der Waals surface area contributed by atoms with E-state index < -0.39 is 0 Å². The van der Waals surface area contributed by atoms with Crippen LogP contribution in [0.5, 0.6) is 0 Å². The quantitative estimate of drug-likeness (QED) is 0.193. The zero-order valence-corrected chi connectivity index (χ0v) is 24.3. The van der Waals surface area contributed by atoms with Gasteiger partial charge in [0.25, 0.3) is 0 Å². The fraction of sp³-hybridized carbons (Fsp3) is 0.152. The highest BCUT2D eigenvalue weighted by atomic mass is 32.1. The highest BCUT2D eigenvalue weighted by Gasteiger charge is 2.18. The minimum Gasteiger partial charge on any atom is -0.326 e. The van der Waals surface area contributed by atoms with Crippen LogP contribution in [0.4, 0.5) is 17.3 Å². The molecule has 0 bridgehead atoms. The van der Waals surface area contributed by atoms with Crippen LogP contribution in [0.3, 0.4) is 0 Å². The molecule has 0 saturated heterocycles. The summed E-state index contributed by atoms with van der Waals surface area (Å²) in [5.74, 6) is 0.450. The van der Waals surface area contributed by atoms with Gasteiger partial charge in [0.05, 0.1) is 23.5 Å². The molecule has 0 aliphatic carbocycles. The van der Waals surface area contributed by atoms with E-state index in [2.05, 4.69) is 46.7 Å². The van der Waals surface area contributed by atoms with Gasteiger partial charge in [-0.2, -0.15) is 0 Å². The number of hydrogen-bond donors (Lipinski definition) is 2. The van der Waals surface area contributed by atoms with E-state index in [1.807, 2.05) is 88.8 Å². The summed E-state index contributed by atoms with van der Waals surface area (Å²) in [7, 11) is 4.16. The molecule has 0 aliphatic rings. The first-order valence-corrected chi connectivity index (χ1v) is 14.6. The first-order valence-electron chi connectivity index (χ1n) is 13.8. The molecular weight excluding hydrogens is 542 g/mol. The number of carbonyl (C=O) groups excluding carboxylic acids is 1. The van der Waals surface area contributed by atoms with Gasteiger partial charge in [-0.25, -0.2) is 15.0 Å². The van der Waals surface area contributed by atoms with Crippen LogP contribution < -0.4 is 10.6 Å². The first-order chi connectivity index (χ1) is 20.5. The van der Waals surface area contributed by atoms with Crippen molar-refractivity contribution in [2.24, 2.45) is 0 Å². The minimum atomic E-state index is -0.0536. The summed E-state index contributed by atoms with van der Waals surface area (Å²) in [4.78, 5) is 30.3. The highest BCUT2D eigenvalue weighted by molar-refractivity contribution is 7.10. The molecule has 0 fully saturated rings. The SMILES string of the molecule is CN(C)CCc1cccc(Nc2nccc(-c3c(-c4cccc(NC(=O)Cc5cccs5)c4)nc4ccccn34)n2)c1. The molecule has 42 heavy (non-hydrogen) atoms.